The Morgan fingerprint density at radius 1 is 1.17 bits per heavy atom. The molecule has 2 rings (SSSR count). The molecule has 0 saturated heterocycles. The van der Waals surface area contributed by atoms with Crippen LogP contribution in [0.1, 0.15) is 17.3 Å². The van der Waals surface area contributed by atoms with Crippen LogP contribution in [-0.4, -0.2) is 18.8 Å². The van der Waals surface area contributed by atoms with Gasteiger partial charge in [-0.3, -0.25) is 14.9 Å². The maximum Gasteiger partial charge on any atom is 0.280 e. The van der Waals surface area contributed by atoms with Crippen molar-refractivity contribution in [3.63, 3.8) is 0 Å². The van der Waals surface area contributed by atoms with E-state index >= 15 is 0 Å². The molecule has 0 radical (unpaired) electrons. The first kappa shape index (κ1) is 17.9. The number of rotatable bonds is 4. The molecule has 0 aromatic heterocycles. The lowest BCUT2D eigenvalue weighted by molar-refractivity contribution is -0.383. The fraction of sp³-hybridized carbons (Fsp3) is 0.235. The zero-order valence-corrected chi connectivity index (χ0v) is 14.8. The van der Waals surface area contributed by atoms with Gasteiger partial charge in [0.15, 0.2) is 5.78 Å². The second-order valence-electron chi connectivity index (χ2n) is 6.58. The summed E-state index contributed by atoms with van der Waals surface area (Å²) in [6.45, 7) is 6.54. The number of nitro benzene ring substituents is 1. The smallest absolute Gasteiger partial charge is 0.280 e. The minimum atomic E-state index is -2.44. The number of nitrogens with zero attached hydrogens (tertiary/aromatic N) is 1. The first-order chi connectivity index (χ1) is 11.0. The first-order valence-electron chi connectivity index (χ1n) is 7.32. The summed E-state index contributed by atoms with van der Waals surface area (Å²) in [5, 5.41) is 11.8. The highest BCUT2D eigenvalue weighted by Crippen LogP contribution is 2.35. The number of hydrogen-bond acceptors (Lipinski definition) is 3. The third-order valence-electron chi connectivity index (χ3n) is 3.68. The van der Waals surface area contributed by atoms with Crippen molar-refractivity contribution in [1.29, 1.82) is 0 Å². The summed E-state index contributed by atoms with van der Waals surface area (Å²) < 4.78 is 28.2. The van der Waals surface area contributed by atoms with Crippen molar-refractivity contribution in [2.45, 2.75) is 26.6 Å². The minimum Gasteiger partial charge on any atom is -0.294 e. The molecular weight excluding hydrogens is 332 g/mol. The summed E-state index contributed by atoms with van der Waals surface area (Å²) in [5.74, 6) is -1.86. The van der Waals surface area contributed by atoms with Gasteiger partial charge in [0, 0.05) is 5.56 Å². The molecule has 0 aliphatic heterocycles. The molecule has 0 aliphatic carbocycles. The van der Waals surface area contributed by atoms with E-state index in [2.05, 4.69) is 0 Å². The Hall–Kier alpha value is -2.41. The van der Waals surface area contributed by atoms with E-state index in [1.54, 1.807) is 19.6 Å². The Labute approximate surface area is 139 Å². The van der Waals surface area contributed by atoms with Gasteiger partial charge in [-0.2, -0.15) is 0 Å². The van der Waals surface area contributed by atoms with Crippen molar-refractivity contribution < 1.29 is 18.5 Å². The van der Waals surface area contributed by atoms with Gasteiger partial charge in [-0.1, -0.05) is 31.8 Å². The Morgan fingerprint density at radius 2 is 1.79 bits per heavy atom. The quantitative estimate of drug-likeness (QED) is 0.358. The van der Waals surface area contributed by atoms with Crippen LogP contribution in [-0.2, 0) is 0 Å². The lowest BCUT2D eigenvalue weighted by Crippen LogP contribution is -2.42. The van der Waals surface area contributed by atoms with Crippen LogP contribution < -0.4 is 5.19 Å². The van der Waals surface area contributed by atoms with Crippen LogP contribution in [0.5, 0.6) is 0 Å². The summed E-state index contributed by atoms with van der Waals surface area (Å²) in [4.78, 5) is 23.0. The molecule has 126 valence electrons. The lowest BCUT2D eigenvalue weighted by Gasteiger charge is -2.21. The molecule has 0 unspecified atom stereocenters. The van der Waals surface area contributed by atoms with E-state index in [4.69, 9.17) is 0 Å². The summed E-state index contributed by atoms with van der Waals surface area (Å²) in [7, 11) is -2.44. The highest BCUT2D eigenvalue weighted by Gasteiger charge is 2.36. The number of ketones is 1. The number of carbonyl (C=O) groups excluding carboxylic acids is 1. The molecule has 0 N–H and O–H groups in total. The standard InChI is InChI=1S/C17H17F2NO3Si/c1-10(21)13-9-14(19)17(24(2,3)4)16(20(22)23)15(13)11-6-5-7-12(18)8-11/h5-9H,1-4H3. The zero-order valence-electron chi connectivity index (χ0n) is 13.8. The van der Waals surface area contributed by atoms with E-state index in [0.717, 1.165) is 12.1 Å². The predicted octanol–water partition coefficient (Wildman–Crippen LogP) is 4.29. The van der Waals surface area contributed by atoms with Gasteiger partial charge in [-0.25, -0.2) is 8.78 Å². The van der Waals surface area contributed by atoms with Crippen molar-refractivity contribution in [2.75, 3.05) is 0 Å². The van der Waals surface area contributed by atoms with Gasteiger partial charge < -0.3 is 0 Å². The van der Waals surface area contributed by atoms with Crippen LogP contribution in [0.25, 0.3) is 11.1 Å². The van der Waals surface area contributed by atoms with Gasteiger partial charge in [0.2, 0.25) is 0 Å². The average molecular weight is 349 g/mol. The highest BCUT2D eigenvalue weighted by atomic mass is 28.3. The van der Waals surface area contributed by atoms with Crippen LogP contribution in [0.4, 0.5) is 14.5 Å². The average Bonchev–Trinajstić information content (AvgIpc) is 2.44. The van der Waals surface area contributed by atoms with Gasteiger partial charge >= 0.3 is 0 Å². The van der Waals surface area contributed by atoms with Gasteiger partial charge in [0.25, 0.3) is 5.69 Å². The van der Waals surface area contributed by atoms with Crippen molar-refractivity contribution in [1.82, 2.24) is 0 Å². The molecule has 0 aliphatic rings. The fourth-order valence-electron chi connectivity index (χ4n) is 2.75. The fourth-order valence-corrected chi connectivity index (χ4v) is 4.46. The summed E-state index contributed by atoms with van der Waals surface area (Å²) >= 11 is 0. The normalized spacial score (nSPS) is 11.4. The van der Waals surface area contributed by atoms with Crippen molar-refractivity contribution >= 4 is 24.7 Å². The zero-order chi connectivity index (χ0) is 18.2. The second-order valence-corrected chi connectivity index (χ2v) is 11.6. The molecule has 24 heavy (non-hydrogen) atoms. The molecule has 0 amide bonds. The molecule has 2 aromatic carbocycles. The van der Waals surface area contributed by atoms with E-state index in [9.17, 15) is 23.7 Å². The van der Waals surface area contributed by atoms with Crippen LogP contribution in [0.3, 0.4) is 0 Å². The highest BCUT2D eigenvalue weighted by molar-refractivity contribution is 6.89. The molecule has 0 atom stereocenters. The van der Waals surface area contributed by atoms with Crippen LogP contribution in [0, 0.1) is 21.7 Å². The number of halogens is 2. The van der Waals surface area contributed by atoms with Crippen LogP contribution in [0.15, 0.2) is 30.3 Å². The molecule has 0 bridgehead atoms. The molecular formula is C17H17F2NO3Si. The first-order valence-corrected chi connectivity index (χ1v) is 10.8. The van der Waals surface area contributed by atoms with Crippen LogP contribution in [0.2, 0.25) is 19.6 Å². The Balaban J connectivity index is 3.04. The molecule has 4 nitrogen and oxygen atoms in total. The molecule has 0 saturated carbocycles. The number of Topliss-reactive ketones (excluding diaryl/α,β-unsaturated/α-hetero) is 1. The van der Waals surface area contributed by atoms with Gasteiger partial charge in [0.1, 0.15) is 11.6 Å². The topological polar surface area (TPSA) is 60.2 Å². The Morgan fingerprint density at radius 3 is 2.25 bits per heavy atom. The number of benzene rings is 2. The van der Waals surface area contributed by atoms with Crippen LogP contribution >= 0.6 is 0 Å². The monoisotopic (exact) mass is 349 g/mol. The van der Waals surface area contributed by atoms with Gasteiger partial charge in [-0.15, -0.1) is 0 Å². The van der Waals surface area contributed by atoms with Crippen molar-refractivity contribution in [3.8, 4) is 11.1 Å². The van der Waals surface area contributed by atoms with E-state index in [0.29, 0.717) is 0 Å². The predicted molar refractivity (Wildman–Crippen MR) is 91.4 cm³/mol. The largest absolute Gasteiger partial charge is 0.294 e. The SMILES string of the molecule is CC(=O)c1cc(F)c([Si](C)(C)C)c([N+](=O)[O-])c1-c1cccc(F)c1. The Bertz CT molecular complexity index is 844. The number of carbonyl (C=O) groups is 1. The third kappa shape index (κ3) is 3.26. The van der Waals surface area contributed by atoms with Crippen molar-refractivity contribution in [3.05, 3.63) is 57.6 Å². The molecule has 2 aromatic rings. The molecule has 0 heterocycles. The minimum absolute atomic E-state index is 0.0224. The summed E-state index contributed by atoms with van der Waals surface area (Å²) in [5.41, 5.74) is -0.394. The van der Waals surface area contributed by atoms with E-state index in [1.165, 1.54) is 25.1 Å². The van der Waals surface area contributed by atoms with E-state index in [1.807, 2.05) is 0 Å². The van der Waals surface area contributed by atoms with E-state index < -0.39 is 36.1 Å². The molecule has 7 heteroatoms. The Kier molecular flexibility index (Phi) is 4.66. The number of nitro groups is 1. The maximum atomic E-state index is 14.6. The summed E-state index contributed by atoms with van der Waals surface area (Å²) in [6, 6.07) is 6.22. The van der Waals surface area contributed by atoms with E-state index in [-0.39, 0.29) is 21.9 Å². The van der Waals surface area contributed by atoms with Crippen molar-refractivity contribution in [2.24, 2.45) is 0 Å². The molecule has 0 fully saturated rings. The number of hydrogen-bond donors (Lipinski definition) is 0. The summed E-state index contributed by atoms with van der Waals surface area (Å²) in [6.07, 6.45) is 0. The second kappa shape index (κ2) is 6.24. The molecule has 0 spiro atoms. The third-order valence-corrected chi connectivity index (χ3v) is 5.65. The maximum absolute atomic E-state index is 14.6. The lowest BCUT2D eigenvalue weighted by atomic mass is 9.95. The van der Waals surface area contributed by atoms with Gasteiger partial charge in [-0.05, 0) is 30.7 Å². The van der Waals surface area contributed by atoms with Gasteiger partial charge in [0.05, 0.1) is 23.7 Å².